The molecule has 13 heavy (non-hydrogen) atoms. The Kier molecular flexibility index (Phi) is 2.98. The maximum atomic E-state index is 12.8. The second-order valence-corrected chi connectivity index (χ2v) is 2.10. The smallest absolute Gasteiger partial charge is 0.384 e. The molecule has 0 aliphatic carbocycles. The van der Waals surface area contributed by atoms with E-state index < -0.39 is 11.8 Å². The van der Waals surface area contributed by atoms with Crippen LogP contribution >= 0.6 is 0 Å². The third kappa shape index (κ3) is 2.56. The van der Waals surface area contributed by atoms with E-state index in [4.69, 9.17) is 0 Å². The molecule has 0 bridgehead atoms. The summed E-state index contributed by atoms with van der Waals surface area (Å²) < 4.78 is 17.1. The average Bonchev–Trinajstić information content (AvgIpc) is 2.16. The van der Waals surface area contributed by atoms with Crippen LogP contribution in [0.15, 0.2) is 18.5 Å². The highest BCUT2D eigenvalue weighted by atomic mass is 19.1. The first kappa shape index (κ1) is 9.20. The SMILES string of the molecule is COC(=O)C#Cc1ccncc1F. The van der Waals surface area contributed by atoms with Gasteiger partial charge in [-0.05, 0) is 6.07 Å². The van der Waals surface area contributed by atoms with Crippen molar-refractivity contribution in [1.29, 1.82) is 0 Å². The molecule has 1 aromatic rings. The highest BCUT2D eigenvalue weighted by molar-refractivity contribution is 5.88. The second-order valence-electron chi connectivity index (χ2n) is 2.10. The zero-order valence-corrected chi connectivity index (χ0v) is 6.87. The number of methoxy groups -OCH3 is 1. The van der Waals surface area contributed by atoms with Gasteiger partial charge in [-0.2, -0.15) is 0 Å². The van der Waals surface area contributed by atoms with Crippen LogP contribution < -0.4 is 0 Å². The number of nitrogens with zero attached hydrogens (tertiary/aromatic N) is 1. The molecule has 0 N–H and O–H groups in total. The highest BCUT2D eigenvalue weighted by Gasteiger charge is 1.97. The maximum absolute atomic E-state index is 12.8. The Morgan fingerprint density at radius 2 is 2.46 bits per heavy atom. The van der Waals surface area contributed by atoms with Gasteiger partial charge < -0.3 is 4.74 Å². The minimum Gasteiger partial charge on any atom is -0.459 e. The Labute approximate surface area is 74.6 Å². The van der Waals surface area contributed by atoms with Gasteiger partial charge in [-0.15, -0.1) is 0 Å². The molecule has 0 unspecified atom stereocenters. The van der Waals surface area contributed by atoms with Crippen LogP contribution in [-0.2, 0) is 9.53 Å². The number of halogens is 1. The molecule has 1 aromatic heterocycles. The first-order valence-corrected chi connectivity index (χ1v) is 3.43. The number of hydrogen-bond donors (Lipinski definition) is 0. The minimum absolute atomic E-state index is 0.125. The molecular weight excluding hydrogens is 173 g/mol. The summed E-state index contributed by atoms with van der Waals surface area (Å²) in [5.74, 6) is 3.18. The fraction of sp³-hybridized carbons (Fsp3) is 0.111. The minimum atomic E-state index is -0.698. The van der Waals surface area contributed by atoms with Crippen LogP contribution in [0.25, 0.3) is 0 Å². The van der Waals surface area contributed by atoms with Gasteiger partial charge in [0.15, 0.2) is 5.82 Å². The zero-order valence-electron chi connectivity index (χ0n) is 6.87. The van der Waals surface area contributed by atoms with Crippen LogP contribution in [-0.4, -0.2) is 18.1 Å². The first-order chi connectivity index (χ1) is 6.24. The lowest BCUT2D eigenvalue weighted by Gasteiger charge is -1.90. The number of carbonyl (C=O) groups is 1. The van der Waals surface area contributed by atoms with E-state index in [9.17, 15) is 9.18 Å². The number of pyridine rings is 1. The summed E-state index contributed by atoms with van der Waals surface area (Å²) in [4.78, 5) is 14.1. The Balaban J connectivity index is 2.89. The molecule has 0 aliphatic rings. The van der Waals surface area contributed by atoms with E-state index in [1.807, 2.05) is 0 Å². The van der Waals surface area contributed by atoms with E-state index in [0.717, 1.165) is 6.20 Å². The van der Waals surface area contributed by atoms with E-state index in [1.165, 1.54) is 19.4 Å². The molecule has 0 spiro atoms. The predicted octanol–water partition coefficient (Wildman–Crippen LogP) is 0.745. The summed E-state index contributed by atoms with van der Waals surface area (Å²) in [6.45, 7) is 0. The monoisotopic (exact) mass is 179 g/mol. The Morgan fingerprint density at radius 3 is 3.08 bits per heavy atom. The molecular formula is C9H6FNO2. The molecule has 0 atom stereocenters. The molecule has 3 nitrogen and oxygen atoms in total. The number of esters is 1. The number of hydrogen-bond acceptors (Lipinski definition) is 3. The van der Waals surface area contributed by atoms with Crippen LogP contribution in [0.4, 0.5) is 4.39 Å². The van der Waals surface area contributed by atoms with Crippen LogP contribution in [0.2, 0.25) is 0 Å². The fourth-order valence-electron chi connectivity index (χ4n) is 0.646. The van der Waals surface area contributed by atoms with Crippen LogP contribution in [0.1, 0.15) is 5.56 Å². The van der Waals surface area contributed by atoms with E-state index in [2.05, 4.69) is 21.6 Å². The van der Waals surface area contributed by atoms with Crippen molar-refractivity contribution in [2.45, 2.75) is 0 Å². The molecule has 0 fully saturated rings. The number of ether oxygens (including phenoxy) is 1. The average molecular weight is 179 g/mol. The molecule has 0 saturated heterocycles. The largest absolute Gasteiger partial charge is 0.459 e. The number of aromatic nitrogens is 1. The topological polar surface area (TPSA) is 39.2 Å². The third-order valence-corrected chi connectivity index (χ3v) is 1.26. The molecule has 0 aromatic carbocycles. The van der Waals surface area contributed by atoms with E-state index in [-0.39, 0.29) is 5.56 Å². The molecule has 0 saturated carbocycles. The number of carbonyl (C=O) groups excluding carboxylic acids is 1. The van der Waals surface area contributed by atoms with Crippen molar-refractivity contribution in [2.24, 2.45) is 0 Å². The van der Waals surface area contributed by atoms with E-state index in [1.54, 1.807) is 0 Å². The van der Waals surface area contributed by atoms with Crippen molar-refractivity contribution in [3.8, 4) is 11.8 Å². The van der Waals surface area contributed by atoms with Gasteiger partial charge in [-0.3, -0.25) is 4.98 Å². The van der Waals surface area contributed by atoms with Crippen molar-refractivity contribution < 1.29 is 13.9 Å². The van der Waals surface area contributed by atoms with Gasteiger partial charge in [0.2, 0.25) is 0 Å². The van der Waals surface area contributed by atoms with Gasteiger partial charge in [0.1, 0.15) is 0 Å². The second kappa shape index (κ2) is 4.21. The van der Waals surface area contributed by atoms with Gasteiger partial charge in [0.05, 0.1) is 18.9 Å². The van der Waals surface area contributed by atoms with Crippen molar-refractivity contribution in [2.75, 3.05) is 7.11 Å². The van der Waals surface area contributed by atoms with Crippen molar-refractivity contribution in [3.63, 3.8) is 0 Å². The van der Waals surface area contributed by atoms with Gasteiger partial charge >= 0.3 is 5.97 Å². The molecule has 0 aliphatic heterocycles. The Morgan fingerprint density at radius 1 is 1.69 bits per heavy atom. The fourth-order valence-corrected chi connectivity index (χ4v) is 0.646. The lowest BCUT2D eigenvalue weighted by Crippen LogP contribution is -1.95. The third-order valence-electron chi connectivity index (χ3n) is 1.26. The lowest BCUT2D eigenvalue weighted by molar-refractivity contribution is -0.133. The lowest BCUT2D eigenvalue weighted by atomic mass is 10.2. The predicted molar refractivity (Wildman–Crippen MR) is 43.1 cm³/mol. The van der Waals surface area contributed by atoms with Crippen LogP contribution in [0.3, 0.4) is 0 Å². The van der Waals surface area contributed by atoms with Gasteiger partial charge in [-0.25, -0.2) is 9.18 Å². The number of rotatable bonds is 0. The molecule has 0 radical (unpaired) electrons. The summed E-state index contributed by atoms with van der Waals surface area (Å²) in [6.07, 6.45) is 2.42. The normalized spacial score (nSPS) is 8.46. The zero-order chi connectivity index (χ0) is 9.68. The summed E-state index contributed by atoms with van der Waals surface area (Å²) in [6, 6.07) is 1.38. The first-order valence-electron chi connectivity index (χ1n) is 3.43. The van der Waals surface area contributed by atoms with Crippen molar-refractivity contribution in [1.82, 2.24) is 4.98 Å². The molecule has 4 heteroatoms. The van der Waals surface area contributed by atoms with E-state index >= 15 is 0 Å². The molecule has 66 valence electrons. The highest BCUT2D eigenvalue weighted by Crippen LogP contribution is 2.01. The maximum Gasteiger partial charge on any atom is 0.384 e. The standard InChI is InChI=1S/C9H6FNO2/c1-13-9(12)3-2-7-4-5-11-6-8(7)10/h4-6H,1H3. The summed E-state index contributed by atoms with van der Waals surface area (Å²) in [5.41, 5.74) is 0.125. The summed E-state index contributed by atoms with van der Waals surface area (Å²) >= 11 is 0. The van der Waals surface area contributed by atoms with Crippen molar-refractivity contribution >= 4 is 5.97 Å². The summed E-state index contributed by atoms with van der Waals surface area (Å²) in [7, 11) is 1.21. The Hall–Kier alpha value is -1.89. The molecule has 1 heterocycles. The van der Waals surface area contributed by atoms with Gasteiger partial charge in [-0.1, -0.05) is 5.92 Å². The molecule has 0 amide bonds. The van der Waals surface area contributed by atoms with E-state index in [0.29, 0.717) is 0 Å². The van der Waals surface area contributed by atoms with Gasteiger partial charge in [0, 0.05) is 12.1 Å². The Bertz CT molecular complexity index is 379. The molecule has 1 rings (SSSR count). The quantitative estimate of drug-likeness (QED) is 0.435. The van der Waals surface area contributed by atoms with Crippen molar-refractivity contribution in [3.05, 3.63) is 29.8 Å². The van der Waals surface area contributed by atoms with Crippen LogP contribution in [0, 0.1) is 17.7 Å². The van der Waals surface area contributed by atoms with Gasteiger partial charge in [0.25, 0.3) is 0 Å². The summed E-state index contributed by atoms with van der Waals surface area (Å²) in [5, 5.41) is 0. The van der Waals surface area contributed by atoms with Crippen LogP contribution in [0.5, 0.6) is 0 Å².